The van der Waals surface area contributed by atoms with Crippen molar-refractivity contribution in [1.82, 2.24) is 16.0 Å². The minimum absolute atomic E-state index is 0.0188. The van der Waals surface area contributed by atoms with Crippen molar-refractivity contribution in [3.8, 4) is 11.5 Å². The van der Waals surface area contributed by atoms with Crippen LogP contribution in [0.25, 0.3) is 0 Å². The summed E-state index contributed by atoms with van der Waals surface area (Å²) in [6.45, 7) is 3.66. The number of carbonyl (C=O) groups is 4. The highest BCUT2D eigenvalue weighted by Gasteiger charge is 2.32. The topological polar surface area (TPSA) is 191 Å². The van der Waals surface area contributed by atoms with Crippen molar-refractivity contribution in [1.29, 1.82) is 0 Å². The number of rotatable bonds is 16. The van der Waals surface area contributed by atoms with Crippen LogP contribution in [0.2, 0.25) is 0 Å². The summed E-state index contributed by atoms with van der Waals surface area (Å²) in [6.07, 6.45) is 2.82. The van der Waals surface area contributed by atoms with Crippen LogP contribution in [0.4, 0.5) is 0 Å². The molecular formula is C29H40N4O7S. The van der Waals surface area contributed by atoms with Gasteiger partial charge in [-0.3, -0.25) is 14.4 Å². The number of nitrogens with one attached hydrogen (secondary N) is 3. The molecule has 0 spiro atoms. The van der Waals surface area contributed by atoms with E-state index < -0.39 is 47.9 Å². The van der Waals surface area contributed by atoms with Crippen molar-refractivity contribution in [2.75, 3.05) is 12.0 Å². The number of carbonyl (C=O) groups excluding carboxylic acids is 3. The van der Waals surface area contributed by atoms with Gasteiger partial charge in [0.1, 0.15) is 29.6 Å². The highest BCUT2D eigenvalue weighted by atomic mass is 32.2. The fourth-order valence-corrected chi connectivity index (χ4v) is 4.52. The van der Waals surface area contributed by atoms with E-state index in [4.69, 9.17) is 5.73 Å². The van der Waals surface area contributed by atoms with Crippen LogP contribution in [0.15, 0.2) is 48.5 Å². The molecule has 0 aliphatic heterocycles. The molecule has 3 amide bonds. The van der Waals surface area contributed by atoms with Gasteiger partial charge < -0.3 is 37.0 Å². The van der Waals surface area contributed by atoms with Gasteiger partial charge >= 0.3 is 5.97 Å². The lowest BCUT2D eigenvalue weighted by Gasteiger charge is -2.28. The predicted octanol–water partition coefficient (Wildman–Crippen LogP) is 1.55. The minimum Gasteiger partial charge on any atom is -0.508 e. The van der Waals surface area contributed by atoms with Gasteiger partial charge in [-0.1, -0.05) is 44.5 Å². The molecule has 0 aromatic heterocycles. The molecular weight excluding hydrogens is 548 g/mol. The Kier molecular flexibility index (Phi) is 13.4. The summed E-state index contributed by atoms with van der Waals surface area (Å²) in [6, 6.07) is 8.06. The summed E-state index contributed by atoms with van der Waals surface area (Å²) in [5.41, 5.74) is 7.44. The van der Waals surface area contributed by atoms with Crippen molar-refractivity contribution in [3.63, 3.8) is 0 Å². The van der Waals surface area contributed by atoms with E-state index in [2.05, 4.69) is 16.0 Å². The number of amides is 3. The van der Waals surface area contributed by atoms with E-state index >= 15 is 0 Å². The van der Waals surface area contributed by atoms with E-state index in [1.54, 1.807) is 31.2 Å². The van der Waals surface area contributed by atoms with Gasteiger partial charge in [-0.15, -0.1) is 0 Å². The maximum atomic E-state index is 13.4. The molecule has 11 nitrogen and oxygen atoms in total. The van der Waals surface area contributed by atoms with Gasteiger partial charge in [-0.25, -0.2) is 4.79 Å². The second kappa shape index (κ2) is 16.5. The predicted molar refractivity (Wildman–Crippen MR) is 157 cm³/mol. The van der Waals surface area contributed by atoms with Gasteiger partial charge in [0.05, 0.1) is 6.04 Å². The Morgan fingerprint density at radius 3 is 1.80 bits per heavy atom. The Hall–Kier alpha value is -3.77. The lowest BCUT2D eigenvalue weighted by molar-refractivity contribution is -0.142. The van der Waals surface area contributed by atoms with E-state index in [9.17, 15) is 34.5 Å². The van der Waals surface area contributed by atoms with Crippen molar-refractivity contribution in [2.45, 2.75) is 63.7 Å². The molecule has 2 rings (SSSR count). The molecule has 0 aliphatic rings. The SMILES string of the molecule is CCC(C)C(NC(=O)C(N)Cc1ccc(O)cc1)C(=O)NC(CCSC)C(=O)NC(Cc1ccc(O)cc1)C(=O)O. The lowest BCUT2D eigenvalue weighted by atomic mass is 9.96. The van der Waals surface area contributed by atoms with Crippen LogP contribution in [0, 0.1) is 5.92 Å². The molecule has 0 bridgehead atoms. The Balaban J connectivity index is 2.13. The third-order valence-corrected chi connectivity index (χ3v) is 7.40. The number of phenols is 2. The van der Waals surface area contributed by atoms with Crippen LogP contribution >= 0.6 is 11.8 Å². The number of aliphatic carboxylic acids is 1. The lowest BCUT2D eigenvalue weighted by Crippen LogP contribution is -2.59. The van der Waals surface area contributed by atoms with E-state index in [0.29, 0.717) is 17.7 Å². The van der Waals surface area contributed by atoms with Crippen LogP contribution < -0.4 is 21.7 Å². The van der Waals surface area contributed by atoms with Crippen LogP contribution in [-0.2, 0) is 32.0 Å². The summed E-state index contributed by atoms with van der Waals surface area (Å²) >= 11 is 1.47. The quantitative estimate of drug-likeness (QED) is 0.152. The molecule has 224 valence electrons. The van der Waals surface area contributed by atoms with Gasteiger partial charge in [-0.05, 0) is 66.2 Å². The Morgan fingerprint density at radius 1 is 0.805 bits per heavy atom. The van der Waals surface area contributed by atoms with Crippen LogP contribution in [-0.4, -0.2) is 75.2 Å². The smallest absolute Gasteiger partial charge is 0.326 e. The molecule has 12 heteroatoms. The monoisotopic (exact) mass is 588 g/mol. The molecule has 2 aromatic carbocycles. The molecule has 0 saturated carbocycles. The molecule has 0 fully saturated rings. The Labute approximate surface area is 244 Å². The van der Waals surface area contributed by atoms with Gasteiger partial charge in [0.2, 0.25) is 17.7 Å². The number of phenolic OH excluding ortho intramolecular Hbond substituents is 2. The first-order valence-corrected chi connectivity index (χ1v) is 14.8. The van der Waals surface area contributed by atoms with Gasteiger partial charge in [-0.2, -0.15) is 11.8 Å². The molecule has 2 aromatic rings. The summed E-state index contributed by atoms with van der Waals surface area (Å²) in [5, 5.41) is 36.6. The first-order valence-electron chi connectivity index (χ1n) is 13.4. The summed E-state index contributed by atoms with van der Waals surface area (Å²) < 4.78 is 0. The summed E-state index contributed by atoms with van der Waals surface area (Å²) in [5.74, 6) is -2.65. The summed E-state index contributed by atoms with van der Waals surface area (Å²) in [7, 11) is 0. The average Bonchev–Trinajstić information content (AvgIpc) is 2.94. The zero-order valence-electron chi connectivity index (χ0n) is 23.5. The van der Waals surface area contributed by atoms with E-state index in [1.807, 2.05) is 13.2 Å². The molecule has 0 radical (unpaired) electrons. The first kappa shape index (κ1) is 33.4. The molecule has 8 N–H and O–H groups in total. The first-order chi connectivity index (χ1) is 19.4. The van der Waals surface area contributed by atoms with E-state index in [1.165, 1.54) is 36.0 Å². The number of benzene rings is 2. The number of hydrogen-bond acceptors (Lipinski definition) is 8. The number of aromatic hydroxyl groups is 2. The van der Waals surface area contributed by atoms with Gasteiger partial charge in [0.25, 0.3) is 0 Å². The number of thioether (sulfide) groups is 1. The molecule has 0 saturated heterocycles. The van der Waals surface area contributed by atoms with Gasteiger partial charge in [0, 0.05) is 6.42 Å². The molecule has 41 heavy (non-hydrogen) atoms. The van der Waals surface area contributed by atoms with E-state index in [0.717, 1.165) is 5.56 Å². The average molecular weight is 589 g/mol. The number of carboxylic acid groups (broad SMARTS) is 1. The number of hydrogen-bond donors (Lipinski definition) is 7. The maximum absolute atomic E-state index is 13.4. The van der Waals surface area contributed by atoms with Crippen LogP contribution in [0.1, 0.15) is 37.8 Å². The Bertz CT molecular complexity index is 1160. The van der Waals surface area contributed by atoms with Crippen molar-refractivity contribution in [2.24, 2.45) is 11.7 Å². The number of carboxylic acids is 1. The second-order valence-corrected chi connectivity index (χ2v) is 10.9. The maximum Gasteiger partial charge on any atom is 0.326 e. The molecule has 0 heterocycles. The second-order valence-electron chi connectivity index (χ2n) is 9.96. The fourth-order valence-electron chi connectivity index (χ4n) is 4.05. The zero-order valence-corrected chi connectivity index (χ0v) is 24.3. The van der Waals surface area contributed by atoms with Crippen molar-refractivity contribution in [3.05, 3.63) is 59.7 Å². The number of nitrogens with two attached hydrogens (primary N) is 1. The standard InChI is InChI=1S/C29H40N4O7S/c1-4-17(2)25(33-26(36)22(30)15-18-5-9-20(34)10-6-18)28(38)31-23(13-14-41-3)27(37)32-24(29(39)40)16-19-7-11-21(35)12-8-19/h5-12,17,22-25,34-35H,4,13-16,30H2,1-3H3,(H,31,38)(H,32,37)(H,33,36)(H,39,40). The zero-order chi connectivity index (χ0) is 30.5. The van der Waals surface area contributed by atoms with Crippen LogP contribution in [0.5, 0.6) is 11.5 Å². The van der Waals surface area contributed by atoms with Crippen LogP contribution in [0.3, 0.4) is 0 Å². The highest BCUT2D eigenvalue weighted by molar-refractivity contribution is 7.98. The van der Waals surface area contributed by atoms with Crippen molar-refractivity contribution < 1.29 is 34.5 Å². The van der Waals surface area contributed by atoms with Gasteiger partial charge in [0.15, 0.2) is 0 Å². The largest absolute Gasteiger partial charge is 0.508 e. The minimum atomic E-state index is -1.26. The summed E-state index contributed by atoms with van der Waals surface area (Å²) in [4.78, 5) is 51.4. The third kappa shape index (κ3) is 11.0. The third-order valence-electron chi connectivity index (χ3n) is 6.76. The fraction of sp³-hybridized carbons (Fsp3) is 0.448. The highest BCUT2D eigenvalue weighted by Crippen LogP contribution is 2.14. The van der Waals surface area contributed by atoms with Crippen molar-refractivity contribution >= 4 is 35.5 Å². The molecule has 5 atom stereocenters. The molecule has 0 aliphatic carbocycles. The van der Waals surface area contributed by atoms with E-state index in [-0.39, 0.29) is 36.7 Å². The normalized spacial score (nSPS) is 14.6. The molecule has 5 unspecified atom stereocenters. The Morgan fingerprint density at radius 2 is 1.32 bits per heavy atom.